The summed E-state index contributed by atoms with van der Waals surface area (Å²) in [7, 11) is 0. The highest BCUT2D eigenvalue weighted by Crippen LogP contribution is 2.32. The highest BCUT2D eigenvalue weighted by molar-refractivity contribution is 5.88. The Hall–Kier alpha value is -0.370. The molecule has 0 bridgehead atoms. The molecular weight excluding hydrogens is 102 g/mol. The zero-order valence-corrected chi connectivity index (χ0v) is 4.68. The number of rotatable bonds is 0. The van der Waals surface area contributed by atoms with E-state index in [0.29, 0.717) is 17.6 Å². The zero-order valence-electron chi connectivity index (χ0n) is 4.68. The molecule has 1 heterocycles. The van der Waals surface area contributed by atoms with Gasteiger partial charge in [-0.25, -0.2) is 0 Å². The number of hydrogen-bond acceptors (Lipinski definition) is 2. The van der Waals surface area contributed by atoms with Crippen molar-refractivity contribution in [3.05, 3.63) is 0 Å². The molecule has 0 amide bonds. The Labute approximate surface area is 48.3 Å². The van der Waals surface area contributed by atoms with Gasteiger partial charge in [-0.1, -0.05) is 0 Å². The molecule has 2 rings (SSSR count). The van der Waals surface area contributed by atoms with Crippen molar-refractivity contribution in [1.29, 1.82) is 0 Å². The van der Waals surface area contributed by atoms with Crippen molar-refractivity contribution in [1.82, 2.24) is 5.32 Å². The van der Waals surface area contributed by atoms with Gasteiger partial charge in [-0.3, -0.25) is 4.79 Å². The molecular formula is C6H9NO. The molecule has 0 aromatic carbocycles. The molecule has 44 valence electrons. The lowest BCUT2D eigenvalue weighted by atomic mass is 9.75. The lowest BCUT2D eigenvalue weighted by molar-refractivity contribution is -0.131. The molecule has 2 fully saturated rings. The Balaban J connectivity index is 2.11. The molecule has 1 aliphatic carbocycles. The van der Waals surface area contributed by atoms with Gasteiger partial charge < -0.3 is 5.32 Å². The highest BCUT2D eigenvalue weighted by atomic mass is 16.1. The average Bonchev–Trinajstić information content (AvgIpc) is 2.09. The number of hydrogen-bond donors (Lipinski definition) is 1. The second-order valence-electron chi connectivity index (χ2n) is 2.70. The summed E-state index contributed by atoms with van der Waals surface area (Å²) < 4.78 is 0. The fourth-order valence-corrected chi connectivity index (χ4v) is 1.57. The molecule has 1 N–H and O–H groups in total. The molecule has 8 heavy (non-hydrogen) atoms. The van der Waals surface area contributed by atoms with Crippen LogP contribution in [-0.2, 0) is 4.79 Å². The second kappa shape index (κ2) is 1.32. The molecule has 0 spiro atoms. The zero-order chi connectivity index (χ0) is 5.56. The van der Waals surface area contributed by atoms with E-state index in [2.05, 4.69) is 5.32 Å². The van der Waals surface area contributed by atoms with E-state index in [9.17, 15) is 4.79 Å². The van der Waals surface area contributed by atoms with Crippen molar-refractivity contribution in [2.45, 2.75) is 6.42 Å². The second-order valence-corrected chi connectivity index (χ2v) is 2.70. The topological polar surface area (TPSA) is 29.1 Å². The minimum Gasteiger partial charge on any atom is -0.316 e. The van der Waals surface area contributed by atoms with Crippen LogP contribution in [0.2, 0.25) is 0 Å². The molecule has 2 nitrogen and oxygen atoms in total. The molecule has 0 radical (unpaired) electrons. The first kappa shape index (κ1) is 4.50. The number of nitrogens with one attached hydrogen (secondary N) is 1. The summed E-state index contributed by atoms with van der Waals surface area (Å²) in [4.78, 5) is 10.7. The molecule has 2 atom stereocenters. The Bertz CT molecular complexity index is 132. The molecule has 1 saturated heterocycles. The van der Waals surface area contributed by atoms with Gasteiger partial charge in [-0.05, 0) is 12.5 Å². The summed E-state index contributed by atoms with van der Waals surface area (Å²) >= 11 is 0. The molecule has 2 aliphatic rings. The first-order chi connectivity index (χ1) is 3.88. The monoisotopic (exact) mass is 111 g/mol. The lowest BCUT2D eigenvalue weighted by Crippen LogP contribution is -2.35. The fraction of sp³-hybridized carbons (Fsp3) is 0.833. The van der Waals surface area contributed by atoms with Crippen LogP contribution in [0.4, 0.5) is 0 Å². The van der Waals surface area contributed by atoms with Gasteiger partial charge in [0.2, 0.25) is 0 Å². The Morgan fingerprint density at radius 2 is 2.38 bits per heavy atom. The molecule has 0 aromatic heterocycles. The van der Waals surface area contributed by atoms with Crippen LogP contribution in [0.15, 0.2) is 0 Å². The average molecular weight is 111 g/mol. The van der Waals surface area contributed by atoms with Gasteiger partial charge >= 0.3 is 0 Å². The largest absolute Gasteiger partial charge is 0.316 e. The van der Waals surface area contributed by atoms with Gasteiger partial charge in [0, 0.05) is 18.9 Å². The predicted octanol–water partition coefficient (Wildman–Crippen LogP) is -0.205. The number of carbonyl (C=O) groups is 1. The van der Waals surface area contributed by atoms with Gasteiger partial charge in [0.1, 0.15) is 5.78 Å². The van der Waals surface area contributed by atoms with Crippen molar-refractivity contribution in [3.8, 4) is 0 Å². The molecule has 1 saturated carbocycles. The van der Waals surface area contributed by atoms with Gasteiger partial charge in [-0.2, -0.15) is 0 Å². The van der Waals surface area contributed by atoms with Gasteiger partial charge in [-0.15, -0.1) is 0 Å². The minimum absolute atomic E-state index is 0.412. The maximum absolute atomic E-state index is 10.7. The first-order valence-electron chi connectivity index (χ1n) is 3.11. The van der Waals surface area contributed by atoms with Crippen LogP contribution in [-0.4, -0.2) is 18.9 Å². The molecule has 2 unspecified atom stereocenters. The standard InChI is InChI=1S/C6H9NO/c8-6-1-4-2-7-3-5(4)6/h4-5,7H,1-3H2. The molecule has 2 heteroatoms. The smallest absolute Gasteiger partial charge is 0.137 e. The quantitative estimate of drug-likeness (QED) is 0.469. The summed E-state index contributed by atoms with van der Waals surface area (Å²) in [5.74, 6) is 1.59. The van der Waals surface area contributed by atoms with Crippen molar-refractivity contribution in [2.24, 2.45) is 11.8 Å². The van der Waals surface area contributed by atoms with Crippen molar-refractivity contribution >= 4 is 5.78 Å². The van der Waals surface area contributed by atoms with E-state index < -0.39 is 0 Å². The summed E-state index contributed by atoms with van der Waals surface area (Å²) in [6.07, 6.45) is 0.845. The molecule has 1 aliphatic heterocycles. The normalized spacial score (nSPS) is 43.8. The first-order valence-corrected chi connectivity index (χ1v) is 3.11. The van der Waals surface area contributed by atoms with Crippen molar-refractivity contribution in [3.63, 3.8) is 0 Å². The van der Waals surface area contributed by atoms with Crippen LogP contribution >= 0.6 is 0 Å². The van der Waals surface area contributed by atoms with E-state index in [1.54, 1.807) is 0 Å². The Morgan fingerprint density at radius 1 is 1.50 bits per heavy atom. The Kier molecular flexibility index (Phi) is 0.742. The van der Waals surface area contributed by atoms with Gasteiger partial charge in [0.25, 0.3) is 0 Å². The van der Waals surface area contributed by atoms with Crippen LogP contribution in [0.3, 0.4) is 0 Å². The van der Waals surface area contributed by atoms with Crippen molar-refractivity contribution in [2.75, 3.05) is 13.1 Å². The number of fused-ring (bicyclic) bond motifs is 1. The third-order valence-electron chi connectivity index (χ3n) is 2.22. The lowest BCUT2D eigenvalue weighted by Gasteiger charge is -2.26. The minimum atomic E-state index is 0.412. The number of carbonyl (C=O) groups excluding carboxylic acids is 1. The number of ketones is 1. The van der Waals surface area contributed by atoms with Gasteiger partial charge in [0.15, 0.2) is 0 Å². The molecule has 0 aromatic rings. The van der Waals surface area contributed by atoms with Crippen LogP contribution < -0.4 is 5.32 Å². The van der Waals surface area contributed by atoms with E-state index in [4.69, 9.17) is 0 Å². The van der Waals surface area contributed by atoms with Crippen LogP contribution in [0.25, 0.3) is 0 Å². The van der Waals surface area contributed by atoms with Crippen LogP contribution in [0.5, 0.6) is 0 Å². The van der Waals surface area contributed by atoms with Crippen LogP contribution in [0.1, 0.15) is 6.42 Å². The van der Waals surface area contributed by atoms with E-state index in [-0.39, 0.29) is 0 Å². The van der Waals surface area contributed by atoms with E-state index >= 15 is 0 Å². The van der Waals surface area contributed by atoms with E-state index in [1.165, 1.54) is 0 Å². The van der Waals surface area contributed by atoms with E-state index in [1.807, 2.05) is 0 Å². The fourth-order valence-electron chi connectivity index (χ4n) is 1.57. The maximum atomic E-state index is 10.7. The number of Topliss-reactive ketones (excluding diaryl/α,β-unsaturated/α-hetero) is 1. The Morgan fingerprint density at radius 3 is 2.88 bits per heavy atom. The highest BCUT2D eigenvalue weighted by Gasteiger charge is 2.42. The summed E-state index contributed by atoms with van der Waals surface area (Å²) in [6.45, 7) is 2.03. The summed E-state index contributed by atoms with van der Waals surface area (Å²) in [5, 5.41) is 3.19. The van der Waals surface area contributed by atoms with Gasteiger partial charge in [0.05, 0.1) is 0 Å². The maximum Gasteiger partial charge on any atom is 0.137 e. The SMILES string of the molecule is O=C1CC2CNCC12. The predicted molar refractivity (Wildman–Crippen MR) is 29.5 cm³/mol. The van der Waals surface area contributed by atoms with Crippen LogP contribution in [0, 0.1) is 11.8 Å². The van der Waals surface area contributed by atoms with E-state index in [0.717, 1.165) is 19.5 Å². The third-order valence-corrected chi connectivity index (χ3v) is 2.22. The third kappa shape index (κ3) is 0.388. The summed E-state index contributed by atoms with van der Waals surface area (Å²) in [5.41, 5.74) is 0. The summed E-state index contributed by atoms with van der Waals surface area (Å²) in [6, 6.07) is 0. The van der Waals surface area contributed by atoms with Crippen molar-refractivity contribution < 1.29 is 4.79 Å².